The Morgan fingerprint density at radius 2 is 1.71 bits per heavy atom. The molecule has 1 rings (SSSR count). The molecule has 0 aliphatic rings. The summed E-state index contributed by atoms with van der Waals surface area (Å²) in [6.45, 7) is 5.03. The predicted octanol–water partition coefficient (Wildman–Crippen LogP) is 3.64. The molecule has 1 nitrogen and oxygen atoms in total. The number of hydrogen-bond donors (Lipinski definition) is 0. The van der Waals surface area contributed by atoms with Crippen LogP contribution in [-0.2, 0) is 0 Å². The van der Waals surface area contributed by atoms with Gasteiger partial charge in [-0.15, -0.1) is 0 Å². The van der Waals surface area contributed by atoms with Crippen molar-refractivity contribution in [2.75, 3.05) is 6.61 Å². The van der Waals surface area contributed by atoms with E-state index >= 15 is 0 Å². The normalized spacial score (nSPS) is 10.6. The Kier molecular flexibility index (Phi) is 4.44. The minimum atomic E-state index is -0.222. The van der Waals surface area contributed by atoms with Crippen molar-refractivity contribution in [3.8, 4) is 5.75 Å². The molecule has 0 radical (unpaired) electrons. The SMILES string of the molecule is CCC(CC)COc1ccc(F)cc1. The van der Waals surface area contributed by atoms with Gasteiger partial charge in [-0.05, 0) is 30.2 Å². The van der Waals surface area contributed by atoms with Gasteiger partial charge in [-0.25, -0.2) is 4.39 Å². The van der Waals surface area contributed by atoms with Crippen LogP contribution in [0.1, 0.15) is 26.7 Å². The summed E-state index contributed by atoms with van der Waals surface area (Å²) < 4.78 is 18.1. The number of hydrogen-bond acceptors (Lipinski definition) is 1. The monoisotopic (exact) mass is 196 g/mol. The van der Waals surface area contributed by atoms with E-state index < -0.39 is 0 Å². The Bertz CT molecular complexity index is 252. The summed E-state index contributed by atoms with van der Waals surface area (Å²) in [6.07, 6.45) is 2.25. The lowest BCUT2D eigenvalue weighted by atomic mass is 10.1. The molecular formula is C12H17FO. The Morgan fingerprint density at radius 3 is 2.21 bits per heavy atom. The van der Waals surface area contributed by atoms with Crippen molar-refractivity contribution in [1.82, 2.24) is 0 Å². The van der Waals surface area contributed by atoms with Crippen LogP contribution in [-0.4, -0.2) is 6.61 Å². The van der Waals surface area contributed by atoms with E-state index in [0.29, 0.717) is 5.92 Å². The summed E-state index contributed by atoms with van der Waals surface area (Å²) in [7, 11) is 0. The summed E-state index contributed by atoms with van der Waals surface area (Å²) >= 11 is 0. The summed E-state index contributed by atoms with van der Waals surface area (Å²) in [5, 5.41) is 0. The van der Waals surface area contributed by atoms with Crippen molar-refractivity contribution < 1.29 is 9.13 Å². The van der Waals surface area contributed by atoms with E-state index in [-0.39, 0.29) is 5.82 Å². The number of rotatable bonds is 5. The largest absolute Gasteiger partial charge is 0.493 e. The molecule has 0 aliphatic heterocycles. The molecular weight excluding hydrogens is 179 g/mol. The molecule has 0 fully saturated rings. The average molecular weight is 196 g/mol. The first-order valence-electron chi connectivity index (χ1n) is 5.14. The third kappa shape index (κ3) is 3.36. The quantitative estimate of drug-likeness (QED) is 0.698. The second-order valence-corrected chi connectivity index (χ2v) is 3.45. The maximum atomic E-state index is 12.6. The van der Waals surface area contributed by atoms with Crippen LogP contribution in [0.3, 0.4) is 0 Å². The zero-order valence-corrected chi connectivity index (χ0v) is 8.79. The van der Waals surface area contributed by atoms with Crippen LogP contribution in [0.4, 0.5) is 4.39 Å². The molecule has 0 saturated carbocycles. The van der Waals surface area contributed by atoms with E-state index in [9.17, 15) is 4.39 Å². The maximum Gasteiger partial charge on any atom is 0.123 e. The molecule has 0 unspecified atom stereocenters. The predicted molar refractivity (Wildman–Crippen MR) is 56.0 cm³/mol. The van der Waals surface area contributed by atoms with Gasteiger partial charge >= 0.3 is 0 Å². The van der Waals surface area contributed by atoms with E-state index in [2.05, 4.69) is 13.8 Å². The lowest BCUT2D eigenvalue weighted by molar-refractivity contribution is 0.240. The standard InChI is InChI=1S/C12H17FO/c1-3-10(4-2)9-14-12-7-5-11(13)6-8-12/h5-8,10H,3-4,9H2,1-2H3. The van der Waals surface area contributed by atoms with Crippen LogP contribution in [0.2, 0.25) is 0 Å². The van der Waals surface area contributed by atoms with Crippen molar-refractivity contribution in [2.45, 2.75) is 26.7 Å². The highest BCUT2D eigenvalue weighted by molar-refractivity contribution is 5.21. The van der Waals surface area contributed by atoms with Crippen LogP contribution in [0.5, 0.6) is 5.75 Å². The highest BCUT2D eigenvalue weighted by atomic mass is 19.1. The summed E-state index contributed by atoms with van der Waals surface area (Å²) in [4.78, 5) is 0. The van der Waals surface area contributed by atoms with Crippen molar-refractivity contribution in [3.05, 3.63) is 30.1 Å². The third-order valence-corrected chi connectivity index (χ3v) is 2.45. The Labute approximate surface area is 84.9 Å². The lowest BCUT2D eigenvalue weighted by Crippen LogP contribution is -2.09. The van der Waals surface area contributed by atoms with Gasteiger partial charge in [0, 0.05) is 0 Å². The van der Waals surface area contributed by atoms with Crippen LogP contribution in [0.25, 0.3) is 0 Å². The van der Waals surface area contributed by atoms with Crippen molar-refractivity contribution in [3.63, 3.8) is 0 Å². The second-order valence-electron chi connectivity index (χ2n) is 3.45. The molecule has 0 atom stereocenters. The molecule has 2 heteroatoms. The molecule has 78 valence electrons. The van der Waals surface area contributed by atoms with Gasteiger partial charge in [0.2, 0.25) is 0 Å². The number of halogens is 1. The molecule has 0 aromatic heterocycles. The first-order valence-corrected chi connectivity index (χ1v) is 5.14. The van der Waals surface area contributed by atoms with Crippen molar-refractivity contribution in [2.24, 2.45) is 5.92 Å². The van der Waals surface area contributed by atoms with Gasteiger partial charge in [-0.2, -0.15) is 0 Å². The summed E-state index contributed by atoms with van der Waals surface area (Å²) in [5.74, 6) is 1.12. The number of ether oxygens (including phenoxy) is 1. The smallest absolute Gasteiger partial charge is 0.123 e. The summed E-state index contributed by atoms with van der Waals surface area (Å²) in [5.41, 5.74) is 0. The van der Waals surface area contributed by atoms with E-state index in [0.717, 1.165) is 25.2 Å². The lowest BCUT2D eigenvalue weighted by Gasteiger charge is -2.13. The molecule has 0 amide bonds. The molecule has 0 saturated heterocycles. The minimum absolute atomic E-state index is 0.222. The molecule has 0 aliphatic carbocycles. The molecule has 0 bridgehead atoms. The van der Waals surface area contributed by atoms with Gasteiger partial charge in [0.15, 0.2) is 0 Å². The zero-order chi connectivity index (χ0) is 10.4. The van der Waals surface area contributed by atoms with Crippen molar-refractivity contribution >= 4 is 0 Å². The minimum Gasteiger partial charge on any atom is -0.493 e. The maximum absolute atomic E-state index is 12.6. The Hall–Kier alpha value is -1.05. The van der Waals surface area contributed by atoms with Gasteiger partial charge in [0.1, 0.15) is 11.6 Å². The van der Waals surface area contributed by atoms with Gasteiger partial charge in [-0.1, -0.05) is 26.7 Å². The van der Waals surface area contributed by atoms with Gasteiger partial charge in [0.05, 0.1) is 6.61 Å². The molecule has 14 heavy (non-hydrogen) atoms. The molecule has 1 aromatic rings. The first-order chi connectivity index (χ1) is 6.76. The molecule has 0 heterocycles. The van der Waals surface area contributed by atoms with E-state index in [4.69, 9.17) is 4.74 Å². The highest BCUT2D eigenvalue weighted by Crippen LogP contribution is 2.14. The molecule has 0 N–H and O–H groups in total. The fraction of sp³-hybridized carbons (Fsp3) is 0.500. The van der Waals surface area contributed by atoms with Crippen LogP contribution in [0, 0.1) is 11.7 Å². The fourth-order valence-corrected chi connectivity index (χ4v) is 1.27. The molecule has 1 aromatic carbocycles. The van der Waals surface area contributed by atoms with E-state index in [1.54, 1.807) is 12.1 Å². The Balaban J connectivity index is 2.41. The fourth-order valence-electron chi connectivity index (χ4n) is 1.27. The average Bonchev–Trinajstić information content (AvgIpc) is 2.22. The van der Waals surface area contributed by atoms with Gasteiger partial charge in [0.25, 0.3) is 0 Å². The third-order valence-electron chi connectivity index (χ3n) is 2.45. The van der Waals surface area contributed by atoms with Gasteiger partial charge < -0.3 is 4.74 Å². The topological polar surface area (TPSA) is 9.23 Å². The second kappa shape index (κ2) is 5.63. The van der Waals surface area contributed by atoms with Crippen LogP contribution >= 0.6 is 0 Å². The number of benzene rings is 1. The summed E-state index contributed by atoms with van der Waals surface area (Å²) in [6, 6.07) is 6.17. The molecule has 0 spiro atoms. The van der Waals surface area contributed by atoms with E-state index in [1.165, 1.54) is 12.1 Å². The van der Waals surface area contributed by atoms with Gasteiger partial charge in [-0.3, -0.25) is 0 Å². The zero-order valence-electron chi connectivity index (χ0n) is 8.79. The van der Waals surface area contributed by atoms with E-state index in [1.807, 2.05) is 0 Å². The van der Waals surface area contributed by atoms with Crippen LogP contribution < -0.4 is 4.74 Å². The Morgan fingerprint density at radius 1 is 1.14 bits per heavy atom. The van der Waals surface area contributed by atoms with Crippen LogP contribution in [0.15, 0.2) is 24.3 Å². The first kappa shape index (κ1) is 11.0. The highest BCUT2D eigenvalue weighted by Gasteiger charge is 2.03. The van der Waals surface area contributed by atoms with Crippen molar-refractivity contribution in [1.29, 1.82) is 0 Å².